The van der Waals surface area contributed by atoms with Crippen molar-refractivity contribution >= 4 is 34.9 Å². The third-order valence-electron chi connectivity index (χ3n) is 3.30. The third kappa shape index (κ3) is 2.45. The van der Waals surface area contributed by atoms with Crippen molar-refractivity contribution in [2.24, 2.45) is 4.99 Å². The molecular weight excluding hydrogens is 292 g/mol. The highest BCUT2D eigenvalue weighted by molar-refractivity contribution is 6.35. The number of pyridine rings is 1. The fraction of sp³-hybridized carbons (Fsp3) is 0.267. The summed E-state index contributed by atoms with van der Waals surface area (Å²) in [4.78, 5) is 20.4. The summed E-state index contributed by atoms with van der Waals surface area (Å²) in [5.41, 5.74) is 1.47. The molecule has 1 aliphatic rings. The summed E-state index contributed by atoms with van der Waals surface area (Å²) in [7, 11) is 0. The molecule has 5 nitrogen and oxygen atoms in total. The van der Waals surface area contributed by atoms with Gasteiger partial charge in [0.25, 0.3) is 0 Å². The zero-order valence-electron chi connectivity index (χ0n) is 11.3. The van der Waals surface area contributed by atoms with Gasteiger partial charge >= 0.3 is 5.97 Å². The Morgan fingerprint density at radius 2 is 2.29 bits per heavy atom. The molecule has 0 radical (unpaired) electrons. The molecule has 108 valence electrons. The normalized spacial score (nSPS) is 20.5. The quantitative estimate of drug-likeness (QED) is 0.818. The number of carbonyl (C=O) groups excluding carboxylic acids is 1. The van der Waals surface area contributed by atoms with E-state index in [4.69, 9.17) is 21.1 Å². The molecule has 6 heteroatoms. The Kier molecular flexibility index (Phi) is 3.75. The number of aliphatic imine (C=N–C) groups is 1. The van der Waals surface area contributed by atoms with Crippen LogP contribution in [-0.4, -0.2) is 30.0 Å². The number of hydrogen-bond donors (Lipinski definition) is 0. The van der Waals surface area contributed by atoms with E-state index >= 15 is 0 Å². The van der Waals surface area contributed by atoms with E-state index < -0.39 is 18.1 Å². The molecule has 0 aliphatic carbocycles. The fourth-order valence-corrected chi connectivity index (χ4v) is 2.58. The van der Waals surface area contributed by atoms with Crippen LogP contribution in [0, 0.1) is 0 Å². The second kappa shape index (κ2) is 5.69. The maximum atomic E-state index is 12.0. The SMILES string of the molecule is CCOC(=O)C1N=COC1c1ccc(Cl)c2cccnc12. The lowest BCUT2D eigenvalue weighted by atomic mass is 9.99. The van der Waals surface area contributed by atoms with Gasteiger partial charge in [0.15, 0.2) is 18.5 Å². The summed E-state index contributed by atoms with van der Waals surface area (Å²) < 4.78 is 10.5. The fourth-order valence-electron chi connectivity index (χ4n) is 2.36. The van der Waals surface area contributed by atoms with Gasteiger partial charge in [-0.2, -0.15) is 0 Å². The summed E-state index contributed by atoms with van der Waals surface area (Å²) in [6.07, 6.45) is 2.42. The van der Waals surface area contributed by atoms with Crippen LogP contribution in [0.2, 0.25) is 5.02 Å². The summed E-state index contributed by atoms with van der Waals surface area (Å²) in [6.45, 7) is 2.06. The second-order valence-corrected chi connectivity index (χ2v) is 4.95. The lowest BCUT2D eigenvalue weighted by Crippen LogP contribution is -2.26. The molecule has 2 atom stereocenters. The molecule has 0 saturated carbocycles. The Morgan fingerprint density at radius 1 is 1.43 bits per heavy atom. The van der Waals surface area contributed by atoms with E-state index in [1.165, 1.54) is 6.40 Å². The van der Waals surface area contributed by atoms with Crippen molar-refractivity contribution in [2.45, 2.75) is 19.1 Å². The molecule has 0 bridgehead atoms. The monoisotopic (exact) mass is 304 g/mol. The average Bonchev–Trinajstić information content (AvgIpc) is 2.97. The molecule has 2 aromatic rings. The Balaban J connectivity index is 2.04. The summed E-state index contributed by atoms with van der Waals surface area (Å²) in [6, 6.07) is 6.56. The van der Waals surface area contributed by atoms with Crippen LogP contribution in [0.15, 0.2) is 35.5 Å². The van der Waals surface area contributed by atoms with Gasteiger partial charge < -0.3 is 9.47 Å². The first-order valence-electron chi connectivity index (χ1n) is 6.59. The molecule has 0 spiro atoms. The Morgan fingerprint density at radius 3 is 3.10 bits per heavy atom. The van der Waals surface area contributed by atoms with Crippen molar-refractivity contribution in [3.8, 4) is 0 Å². The average molecular weight is 305 g/mol. The lowest BCUT2D eigenvalue weighted by molar-refractivity contribution is -0.146. The van der Waals surface area contributed by atoms with Crippen LogP contribution in [0.1, 0.15) is 18.6 Å². The van der Waals surface area contributed by atoms with Crippen LogP contribution >= 0.6 is 11.6 Å². The van der Waals surface area contributed by atoms with Crippen molar-refractivity contribution in [1.82, 2.24) is 4.98 Å². The largest absolute Gasteiger partial charge is 0.473 e. The number of ether oxygens (including phenoxy) is 2. The van der Waals surface area contributed by atoms with Crippen LogP contribution in [0.25, 0.3) is 10.9 Å². The number of esters is 1. The van der Waals surface area contributed by atoms with Crippen molar-refractivity contribution in [3.05, 3.63) is 41.0 Å². The number of carbonyl (C=O) groups is 1. The van der Waals surface area contributed by atoms with Crippen molar-refractivity contribution in [2.75, 3.05) is 6.61 Å². The minimum atomic E-state index is -0.712. The molecule has 0 N–H and O–H groups in total. The summed E-state index contributed by atoms with van der Waals surface area (Å²) in [5.74, 6) is -0.407. The van der Waals surface area contributed by atoms with Crippen LogP contribution in [0.5, 0.6) is 0 Å². The number of fused-ring (bicyclic) bond motifs is 1. The predicted molar refractivity (Wildman–Crippen MR) is 79.5 cm³/mol. The van der Waals surface area contributed by atoms with Gasteiger partial charge in [0.05, 0.1) is 12.1 Å². The van der Waals surface area contributed by atoms with Crippen LogP contribution < -0.4 is 0 Å². The van der Waals surface area contributed by atoms with Gasteiger partial charge in [-0.05, 0) is 25.1 Å². The molecule has 2 unspecified atom stereocenters. The van der Waals surface area contributed by atoms with Gasteiger partial charge in [-0.15, -0.1) is 0 Å². The minimum Gasteiger partial charge on any atom is -0.473 e. The van der Waals surface area contributed by atoms with E-state index in [1.807, 2.05) is 18.2 Å². The van der Waals surface area contributed by atoms with E-state index in [1.54, 1.807) is 19.2 Å². The first-order chi connectivity index (χ1) is 10.2. The number of nitrogens with zero attached hydrogens (tertiary/aromatic N) is 2. The first-order valence-corrected chi connectivity index (χ1v) is 6.97. The maximum absolute atomic E-state index is 12.0. The van der Waals surface area contributed by atoms with Gasteiger partial charge in [0.1, 0.15) is 0 Å². The van der Waals surface area contributed by atoms with Gasteiger partial charge in [-0.1, -0.05) is 17.7 Å². The number of hydrogen-bond acceptors (Lipinski definition) is 5. The first kappa shape index (κ1) is 13.8. The summed E-state index contributed by atoms with van der Waals surface area (Å²) >= 11 is 6.18. The van der Waals surface area contributed by atoms with E-state index in [-0.39, 0.29) is 0 Å². The summed E-state index contributed by atoms with van der Waals surface area (Å²) in [5, 5.41) is 1.42. The Hall–Kier alpha value is -2.14. The molecule has 2 heterocycles. The zero-order chi connectivity index (χ0) is 14.8. The van der Waals surface area contributed by atoms with Crippen LogP contribution in [0.4, 0.5) is 0 Å². The number of benzene rings is 1. The number of rotatable bonds is 3. The third-order valence-corrected chi connectivity index (χ3v) is 3.63. The molecule has 1 aromatic carbocycles. The molecule has 0 saturated heterocycles. The smallest absolute Gasteiger partial charge is 0.335 e. The highest BCUT2D eigenvalue weighted by atomic mass is 35.5. The van der Waals surface area contributed by atoms with Crippen molar-refractivity contribution < 1.29 is 14.3 Å². The van der Waals surface area contributed by atoms with E-state index in [2.05, 4.69) is 9.98 Å². The molecule has 3 rings (SSSR count). The Labute approximate surface area is 126 Å². The standard InChI is InChI=1S/C15H13ClN2O3/c1-2-20-15(19)13-14(21-8-18-13)10-5-6-11(16)9-4-3-7-17-12(9)10/h3-8,13-14H,2H2,1H3. The molecule has 0 fully saturated rings. The van der Waals surface area contributed by atoms with Crippen molar-refractivity contribution in [3.63, 3.8) is 0 Å². The molecule has 1 aliphatic heterocycles. The van der Waals surface area contributed by atoms with Gasteiger partial charge in [-0.25, -0.2) is 9.79 Å². The van der Waals surface area contributed by atoms with Gasteiger partial charge in [-0.3, -0.25) is 4.98 Å². The molecular formula is C15H13ClN2O3. The predicted octanol–water partition coefficient (Wildman–Crippen LogP) is 2.92. The minimum absolute atomic E-state index is 0.303. The van der Waals surface area contributed by atoms with Crippen LogP contribution in [0.3, 0.4) is 0 Å². The van der Waals surface area contributed by atoms with E-state index in [0.717, 1.165) is 10.9 Å². The second-order valence-electron chi connectivity index (χ2n) is 4.54. The van der Waals surface area contributed by atoms with Gasteiger partial charge in [0, 0.05) is 22.2 Å². The molecule has 1 aromatic heterocycles. The van der Waals surface area contributed by atoms with E-state index in [0.29, 0.717) is 17.1 Å². The van der Waals surface area contributed by atoms with Crippen molar-refractivity contribution in [1.29, 1.82) is 0 Å². The highest BCUT2D eigenvalue weighted by Gasteiger charge is 2.36. The zero-order valence-corrected chi connectivity index (χ0v) is 12.1. The van der Waals surface area contributed by atoms with E-state index in [9.17, 15) is 4.79 Å². The molecule has 21 heavy (non-hydrogen) atoms. The van der Waals surface area contributed by atoms with Gasteiger partial charge in [0.2, 0.25) is 0 Å². The number of aromatic nitrogens is 1. The molecule has 0 amide bonds. The Bertz CT molecular complexity index is 717. The number of halogens is 1. The topological polar surface area (TPSA) is 60.8 Å². The van der Waals surface area contributed by atoms with Crippen LogP contribution in [-0.2, 0) is 14.3 Å². The highest BCUT2D eigenvalue weighted by Crippen LogP contribution is 2.34. The maximum Gasteiger partial charge on any atom is 0.335 e. The lowest BCUT2D eigenvalue weighted by Gasteiger charge is -2.18.